The number of phenolic OH excluding ortho intramolecular Hbond substituents is 2. The molecule has 0 aliphatic rings. The Bertz CT molecular complexity index is 2280. The zero-order valence-electron chi connectivity index (χ0n) is 31.3. The number of ether oxygens (including phenoxy) is 1. The number of aryl methyl sites for hydroxylation is 1. The Morgan fingerprint density at radius 2 is 1.31 bits per heavy atom. The van der Waals surface area contributed by atoms with Crippen molar-refractivity contribution in [3.63, 3.8) is 0 Å². The highest BCUT2D eigenvalue weighted by atomic mass is 35.5. The zero-order chi connectivity index (χ0) is 38.2. The van der Waals surface area contributed by atoms with Gasteiger partial charge < -0.3 is 14.9 Å². The van der Waals surface area contributed by atoms with Crippen molar-refractivity contribution in [1.82, 2.24) is 29.9 Å². The number of benzene rings is 5. The fourth-order valence-corrected chi connectivity index (χ4v) is 6.08. The lowest BCUT2D eigenvalue weighted by Crippen LogP contribution is -2.13. The molecule has 2 N–H and O–H groups in total. The Labute approximate surface area is 321 Å². The van der Waals surface area contributed by atoms with E-state index < -0.39 is 0 Å². The second-order valence-corrected chi connectivity index (χ2v) is 14.6. The largest absolute Gasteiger partial charge is 0.507 e. The van der Waals surface area contributed by atoms with Crippen molar-refractivity contribution in [1.29, 1.82) is 0 Å². The number of hydrogen-bond donors (Lipinski definition) is 2. The first-order chi connectivity index (χ1) is 26.0. The maximum absolute atomic E-state index is 10.7. The van der Waals surface area contributed by atoms with Gasteiger partial charge in [0.15, 0.2) is 17.5 Å². The van der Waals surface area contributed by atoms with Crippen LogP contribution < -0.4 is 4.74 Å². The van der Waals surface area contributed by atoms with Crippen LogP contribution in [-0.2, 0) is 5.41 Å². The molecule has 10 heteroatoms. The number of aromatic hydroxyl groups is 2. The summed E-state index contributed by atoms with van der Waals surface area (Å²) in [5.74, 6) is 2.48. The Morgan fingerprint density at radius 1 is 0.685 bits per heavy atom. The number of rotatable bonds is 10. The monoisotopic (exact) mass is 740 g/mol. The molecule has 0 radical (unpaired) electrons. The van der Waals surface area contributed by atoms with Crippen LogP contribution in [0, 0.1) is 6.92 Å². The van der Waals surface area contributed by atoms with Crippen LogP contribution in [0.5, 0.6) is 17.2 Å². The molecule has 54 heavy (non-hydrogen) atoms. The smallest absolute Gasteiger partial charge is 0.167 e. The van der Waals surface area contributed by atoms with Gasteiger partial charge in [-0.1, -0.05) is 125 Å². The van der Waals surface area contributed by atoms with Crippen LogP contribution in [0.15, 0.2) is 109 Å². The third kappa shape index (κ3) is 9.22. The first-order valence-electron chi connectivity index (χ1n) is 18.2. The summed E-state index contributed by atoms with van der Waals surface area (Å²) in [6.07, 6.45) is 4.55. The average molecular weight is 741 g/mol. The number of fused-ring (bicyclic) bond motifs is 1. The third-order valence-corrected chi connectivity index (χ3v) is 9.01. The molecule has 7 aromatic rings. The van der Waals surface area contributed by atoms with E-state index in [1.807, 2.05) is 91.9 Å². The molecule has 5 aromatic carbocycles. The molecule has 0 unspecified atom stereocenters. The second-order valence-electron chi connectivity index (χ2n) is 14.2. The van der Waals surface area contributed by atoms with Crippen molar-refractivity contribution in [3.05, 3.63) is 125 Å². The Kier molecular flexibility index (Phi) is 11.9. The predicted molar refractivity (Wildman–Crippen MR) is 216 cm³/mol. The van der Waals surface area contributed by atoms with E-state index >= 15 is 0 Å². The number of aromatic nitrogens is 6. The average Bonchev–Trinajstić information content (AvgIpc) is 3.59. The SMILES string of the molecule is CCCCCCOc1ccc(-c2nc(-c3ccccc3)nc(-c3ccccc3)n2)c(O)c1.Cc1cc(-n2nc3ccc(Cl)cc3n2)c(O)c(C(C)(C)C)c1. The van der Waals surface area contributed by atoms with Gasteiger partial charge in [-0.15, -0.1) is 15.0 Å². The number of halogens is 1. The summed E-state index contributed by atoms with van der Waals surface area (Å²) in [4.78, 5) is 15.5. The molecule has 0 saturated heterocycles. The quantitative estimate of drug-likeness (QED) is 0.133. The lowest BCUT2D eigenvalue weighted by molar-refractivity contribution is 0.303. The van der Waals surface area contributed by atoms with Crippen molar-refractivity contribution in [2.45, 2.75) is 65.7 Å². The van der Waals surface area contributed by atoms with Crippen LogP contribution in [-0.4, -0.2) is 46.8 Å². The third-order valence-electron chi connectivity index (χ3n) is 8.78. The molecule has 0 atom stereocenters. The van der Waals surface area contributed by atoms with Crippen LogP contribution in [0.25, 0.3) is 50.9 Å². The minimum atomic E-state index is -0.166. The van der Waals surface area contributed by atoms with Crippen LogP contribution in [0.2, 0.25) is 5.02 Å². The molecule has 276 valence electrons. The summed E-state index contributed by atoms with van der Waals surface area (Å²) in [5.41, 5.74) is 6.10. The Morgan fingerprint density at radius 3 is 1.93 bits per heavy atom. The van der Waals surface area contributed by atoms with Crippen LogP contribution in [0.3, 0.4) is 0 Å². The van der Waals surface area contributed by atoms with Crippen molar-refractivity contribution in [2.75, 3.05) is 6.61 Å². The maximum Gasteiger partial charge on any atom is 0.167 e. The normalized spacial score (nSPS) is 11.3. The van der Waals surface area contributed by atoms with Gasteiger partial charge in [0.25, 0.3) is 0 Å². The van der Waals surface area contributed by atoms with Gasteiger partial charge in [0.05, 0.1) is 12.2 Å². The summed E-state index contributed by atoms with van der Waals surface area (Å²) in [5, 5.41) is 30.9. The van der Waals surface area contributed by atoms with Crippen LogP contribution in [0.4, 0.5) is 0 Å². The standard InChI is InChI=1S/C27H27N3O2.C17H18ClN3O/c1-2-3-4-11-18-32-22-16-17-23(24(31)19-22)27-29-25(20-12-7-5-8-13-20)28-26(30-27)21-14-9-6-10-15-21;1-10-7-12(17(2,3)4)16(22)15(8-10)21-19-13-6-5-11(18)9-14(13)20-21/h5-10,12-17,19,31H,2-4,11,18H2,1H3;5-9,22H,1-4H3. The van der Waals surface area contributed by atoms with Crippen LogP contribution in [0.1, 0.15) is 64.5 Å². The summed E-state index contributed by atoms with van der Waals surface area (Å²) < 4.78 is 5.80. The fourth-order valence-electron chi connectivity index (χ4n) is 5.92. The van der Waals surface area contributed by atoms with E-state index in [1.165, 1.54) is 17.6 Å². The Balaban J connectivity index is 0.000000197. The topological polar surface area (TPSA) is 119 Å². The number of phenols is 2. The Hall–Kier alpha value is -5.80. The van der Waals surface area contributed by atoms with Gasteiger partial charge in [-0.3, -0.25) is 0 Å². The molecule has 2 heterocycles. The van der Waals surface area contributed by atoms with E-state index in [0.717, 1.165) is 40.6 Å². The highest BCUT2D eigenvalue weighted by Crippen LogP contribution is 2.36. The van der Waals surface area contributed by atoms with E-state index in [4.69, 9.17) is 16.3 Å². The molecule has 0 aliphatic carbocycles. The second kappa shape index (κ2) is 16.9. The zero-order valence-corrected chi connectivity index (χ0v) is 32.0. The maximum atomic E-state index is 10.7. The molecular formula is C44H45ClN6O3. The molecule has 0 amide bonds. The summed E-state index contributed by atoms with van der Waals surface area (Å²) in [7, 11) is 0. The highest BCUT2D eigenvalue weighted by Gasteiger charge is 2.22. The summed E-state index contributed by atoms with van der Waals surface area (Å²) >= 11 is 5.99. The van der Waals surface area contributed by atoms with Crippen molar-refractivity contribution in [2.24, 2.45) is 0 Å². The molecule has 0 fully saturated rings. The molecular weight excluding hydrogens is 696 g/mol. The highest BCUT2D eigenvalue weighted by molar-refractivity contribution is 6.31. The first-order valence-corrected chi connectivity index (χ1v) is 18.6. The van der Waals surface area contributed by atoms with Crippen molar-refractivity contribution >= 4 is 22.6 Å². The van der Waals surface area contributed by atoms with Crippen molar-refractivity contribution in [3.8, 4) is 57.1 Å². The number of hydrogen-bond acceptors (Lipinski definition) is 8. The lowest BCUT2D eigenvalue weighted by Gasteiger charge is -2.22. The van der Waals surface area contributed by atoms with E-state index in [9.17, 15) is 10.2 Å². The van der Waals surface area contributed by atoms with E-state index in [2.05, 4.69) is 52.8 Å². The summed E-state index contributed by atoms with van der Waals surface area (Å²) in [6, 6.07) is 34.1. The van der Waals surface area contributed by atoms with E-state index in [1.54, 1.807) is 24.3 Å². The van der Waals surface area contributed by atoms with Crippen molar-refractivity contribution < 1.29 is 14.9 Å². The minimum Gasteiger partial charge on any atom is -0.507 e. The molecule has 7 rings (SSSR count). The van der Waals surface area contributed by atoms with Gasteiger partial charge in [-0.2, -0.15) is 0 Å². The van der Waals surface area contributed by atoms with Gasteiger partial charge in [0.1, 0.15) is 34.0 Å². The molecule has 0 aliphatic heterocycles. The minimum absolute atomic E-state index is 0.0836. The molecule has 9 nitrogen and oxygen atoms in total. The van der Waals surface area contributed by atoms with E-state index in [-0.39, 0.29) is 16.9 Å². The number of unbranched alkanes of at least 4 members (excludes halogenated alkanes) is 3. The molecule has 0 saturated carbocycles. The van der Waals surface area contributed by atoms with Gasteiger partial charge in [0.2, 0.25) is 0 Å². The molecule has 2 aromatic heterocycles. The van der Waals surface area contributed by atoms with Gasteiger partial charge in [-0.05, 0) is 60.7 Å². The molecule has 0 bridgehead atoms. The predicted octanol–water partition coefficient (Wildman–Crippen LogP) is 10.9. The van der Waals surface area contributed by atoms with Gasteiger partial charge in [-0.25, -0.2) is 15.0 Å². The van der Waals surface area contributed by atoms with Gasteiger partial charge >= 0.3 is 0 Å². The van der Waals surface area contributed by atoms with Gasteiger partial charge in [0, 0.05) is 27.8 Å². The summed E-state index contributed by atoms with van der Waals surface area (Å²) in [6.45, 7) is 11.0. The lowest BCUT2D eigenvalue weighted by atomic mass is 9.85. The van der Waals surface area contributed by atoms with Crippen LogP contribution >= 0.6 is 11.6 Å². The fraction of sp³-hybridized carbons (Fsp3) is 0.250. The first kappa shape index (κ1) is 37.9. The number of nitrogens with zero attached hydrogens (tertiary/aromatic N) is 6. The van der Waals surface area contributed by atoms with E-state index in [0.29, 0.717) is 51.6 Å². The molecule has 0 spiro atoms.